The number of rotatable bonds is 4. The van der Waals surface area contributed by atoms with Crippen LogP contribution in [0.4, 0.5) is 0 Å². The van der Waals surface area contributed by atoms with E-state index in [1.54, 1.807) is 0 Å². The van der Waals surface area contributed by atoms with E-state index in [1.807, 2.05) is 18.2 Å². The van der Waals surface area contributed by atoms with Crippen molar-refractivity contribution in [3.05, 3.63) is 42.1 Å². The Balaban J connectivity index is 1.42. The van der Waals surface area contributed by atoms with Crippen molar-refractivity contribution >= 4 is 0 Å². The first-order valence-electron chi connectivity index (χ1n) is 8.25. The zero-order chi connectivity index (χ0) is 14.9. The Morgan fingerprint density at radius 2 is 1.91 bits per heavy atom. The molecule has 2 atom stereocenters. The van der Waals surface area contributed by atoms with Gasteiger partial charge in [-0.2, -0.15) is 0 Å². The van der Waals surface area contributed by atoms with Gasteiger partial charge in [0.05, 0.1) is 5.69 Å². The molecule has 4 heteroatoms. The van der Waals surface area contributed by atoms with Crippen LogP contribution < -0.4 is 5.32 Å². The average Bonchev–Trinajstić information content (AvgIpc) is 3.14. The highest BCUT2D eigenvalue weighted by molar-refractivity contribution is 5.56. The number of nitrogens with one attached hydrogen (secondary N) is 1. The maximum atomic E-state index is 5.50. The average molecular weight is 297 g/mol. The topological polar surface area (TPSA) is 41.3 Å². The Kier molecular flexibility index (Phi) is 3.72. The van der Waals surface area contributed by atoms with Crippen molar-refractivity contribution in [3.63, 3.8) is 0 Å². The van der Waals surface area contributed by atoms with Crippen molar-refractivity contribution < 1.29 is 4.52 Å². The van der Waals surface area contributed by atoms with Gasteiger partial charge in [0.1, 0.15) is 0 Å². The smallest absolute Gasteiger partial charge is 0.167 e. The Labute approximate surface area is 131 Å². The second kappa shape index (κ2) is 5.86. The van der Waals surface area contributed by atoms with Crippen molar-refractivity contribution in [1.82, 2.24) is 15.4 Å². The van der Waals surface area contributed by atoms with Gasteiger partial charge in [0.25, 0.3) is 0 Å². The number of nitrogens with zero attached hydrogens (tertiary/aromatic N) is 2. The Bertz CT molecular complexity index is 612. The van der Waals surface area contributed by atoms with Crippen LogP contribution in [0.3, 0.4) is 0 Å². The van der Waals surface area contributed by atoms with Gasteiger partial charge < -0.3 is 9.84 Å². The number of aromatic nitrogens is 1. The number of benzene rings is 1. The summed E-state index contributed by atoms with van der Waals surface area (Å²) in [5.74, 6) is 0.856. The summed E-state index contributed by atoms with van der Waals surface area (Å²) in [5, 5.41) is 7.95. The minimum Gasteiger partial charge on any atom is -0.356 e. The van der Waals surface area contributed by atoms with Crippen LogP contribution >= 0.6 is 0 Å². The summed E-state index contributed by atoms with van der Waals surface area (Å²) >= 11 is 0. The fourth-order valence-corrected chi connectivity index (χ4v) is 3.90. The zero-order valence-corrected chi connectivity index (χ0v) is 13.0. The molecule has 3 heterocycles. The quantitative estimate of drug-likeness (QED) is 0.941. The van der Waals surface area contributed by atoms with Crippen molar-refractivity contribution in [1.29, 1.82) is 0 Å². The van der Waals surface area contributed by atoms with Crippen molar-refractivity contribution in [2.75, 3.05) is 7.05 Å². The normalized spacial score (nSPS) is 27.5. The number of hydrogen-bond donors (Lipinski definition) is 1. The summed E-state index contributed by atoms with van der Waals surface area (Å²) in [6.45, 7) is 0.862. The molecule has 2 unspecified atom stereocenters. The molecular weight excluding hydrogens is 274 g/mol. The summed E-state index contributed by atoms with van der Waals surface area (Å²) in [4.78, 5) is 2.44. The Morgan fingerprint density at radius 1 is 1.18 bits per heavy atom. The Morgan fingerprint density at radius 3 is 2.64 bits per heavy atom. The van der Waals surface area contributed by atoms with E-state index >= 15 is 0 Å². The van der Waals surface area contributed by atoms with Gasteiger partial charge in [-0.25, -0.2) is 0 Å². The molecule has 0 radical (unpaired) electrons. The lowest BCUT2D eigenvalue weighted by molar-refractivity contribution is 0.162. The predicted molar refractivity (Wildman–Crippen MR) is 86.4 cm³/mol. The molecule has 4 nitrogen and oxygen atoms in total. The molecule has 0 aliphatic carbocycles. The highest BCUT2D eigenvalue weighted by Gasteiger charge is 2.35. The lowest BCUT2D eigenvalue weighted by Crippen LogP contribution is -2.46. The fourth-order valence-electron chi connectivity index (χ4n) is 3.90. The molecule has 4 rings (SSSR count). The third kappa shape index (κ3) is 2.81. The molecule has 2 fully saturated rings. The van der Waals surface area contributed by atoms with Gasteiger partial charge in [0.15, 0.2) is 5.76 Å². The van der Waals surface area contributed by atoms with E-state index < -0.39 is 0 Å². The van der Waals surface area contributed by atoms with Crippen LogP contribution in [0.5, 0.6) is 0 Å². The molecule has 2 aliphatic heterocycles. The summed E-state index contributed by atoms with van der Waals surface area (Å²) in [6, 6.07) is 14.4. The van der Waals surface area contributed by atoms with E-state index in [-0.39, 0.29) is 0 Å². The maximum Gasteiger partial charge on any atom is 0.167 e. The first-order chi connectivity index (χ1) is 10.8. The second-order valence-electron chi connectivity index (χ2n) is 6.73. The molecule has 2 bridgehead atoms. The van der Waals surface area contributed by atoms with Crippen LogP contribution in [0, 0.1) is 0 Å². The van der Waals surface area contributed by atoms with Crippen LogP contribution in [0.15, 0.2) is 40.9 Å². The molecule has 1 aromatic carbocycles. The summed E-state index contributed by atoms with van der Waals surface area (Å²) in [6.07, 6.45) is 5.21. The van der Waals surface area contributed by atoms with Crippen LogP contribution in [-0.2, 0) is 6.54 Å². The molecule has 2 saturated heterocycles. The van der Waals surface area contributed by atoms with Crippen molar-refractivity contribution in [3.8, 4) is 11.3 Å². The highest BCUT2D eigenvalue weighted by Crippen LogP contribution is 2.30. The van der Waals surface area contributed by atoms with Gasteiger partial charge in [-0.15, -0.1) is 0 Å². The zero-order valence-electron chi connectivity index (χ0n) is 13.0. The van der Waals surface area contributed by atoms with Gasteiger partial charge in [-0.05, 0) is 32.7 Å². The van der Waals surface area contributed by atoms with Crippen LogP contribution in [-0.4, -0.2) is 35.2 Å². The lowest BCUT2D eigenvalue weighted by Gasteiger charge is -2.35. The van der Waals surface area contributed by atoms with E-state index in [2.05, 4.69) is 40.6 Å². The summed E-state index contributed by atoms with van der Waals surface area (Å²) in [5.41, 5.74) is 2.11. The van der Waals surface area contributed by atoms with E-state index in [0.717, 1.165) is 35.6 Å². The predicted octanol–water partition coefficient (Wildman–Crippen LogP) is 3.06. The van der Waals surface area contributed by atoms with Crippen molar-refractivity contribution in [2.45, 2.75) is 50.4 Å². The van der Waals surface area contributed by atoms with E-state index in [4.69, 9.17) is 4.52 Å². The molecular formula is C18H23N3O. The maximum absolute atomic E-state index is 5.50. The van der Waals surface area contributed by atoms with Crippen LogP contribution in [0.2, 0.25) is 0 Å². The Hall–Kier alpha value is -1.65. The highest BCUT2D eigenvalue weighted by atomic mass is 16.5. The lowest BCUT2D eigenvalue weighted by atomic mass is 9.98. The van der Waals surface area contributed by atoms with E-state index in [0.29, 0.717) is 6.04 Å². The molecule has 0 amide bonds. The van der Waals surface area contributed by atoms with Gasteiger partial charge in [0, 0.05) is 36.3 Å². The second-order valence-corrected chi connectivity index (χ2v) is 6.73. The molecule has 0 saturated carbocycles. The van der Waals surface area contributed by atoms with E-state index in [9.17, 15) is 0 Å². The molecule has 116 valence electrons. The molecule has 1 aromatic heterocycles. The summed E-state index contributed by atoms with van der Waals surface area (Å²) < 4.78 is 5.50. The number of piperidine rings is 1. The fraction of sp³-hybridized carbons (Fsp3) is 0.500. The third-order valence-corrected chi connectivity index (χ3v) is 5.10. The van der Waals surface area contributed by atoms with Crippen LogP contribution in [0.25, 0.3) is 11.3 Å². The minimum atomic E-state index is 0.663. The molecule has 2 aliphatic rings. The molecule has 2 aromatic rings. The summed E-state index contributed by atoms with van der Waals surface area (Å²) in [7, 11) is 2.21. The molecule has 1 N–H and O–H groups in total. The van der Waals surface area contributed by atoms with Gasteiger partial charge >= 0.3 is 0 Å². The molecule has 0 spiro atoms. The first kappa shape index (κ1) is 14.0. The molecule has 22 heavy (non-hydrogen) atoms. The standard InChI is InChI=1S/C18H23N3O/c1-21(17-9-14-7-8-15(10-17)19-14)12-16-11-18(22-20-16)13-5-3-2-4-6-13/h2-6,11,14-15,17,19H,7-10,12H2,1H3. The van der Waals surface area contributed by atoms with Gasteiger partial charge in [-0.1, -0.05) is 35.5 Å². The van der Waals surface area contributed by atoms with E-state index in [1.165, 1.54) is 25.7 Å². The SMILES string of the molecule is CN(Cc1cc(-c2ccccc2)on1)C1CC2CCC(C1)N2. The van der Waals surface area contributed by atoms with Crippen LogP contribution in [0.1, 0.15) is 31.4 Å². The van der Waals surface area contributed by atoms with Crippen molar-refractivity contribution in [2.24, 2.45) is 0 Å². The minimum absolute atomic E-state index is 0.663. The third-order valence-electron chi connectivity index (χ3n) is 5.10. The number of hydrogen-bond acceptors (Lipinski definition) is 4. The van der Waals surface area contributed by atoms with Gasteiger partial charge in [-0.3, -0.25) is 4.90 Å². The van der Waals surface area contributed by atoms with Gasteiger partial charge in [0.2, 0.25) is 0 Å². The monoisotopic (exact) mass is 297 g/mol. The largest absolute Gasteiger partial charge is 0.356 e. The first-order valence-corrected chi connectivity index (χ1v) is 8.25. The number of fused-ring (bicyclic) bond motifs is 2.